The van der Waals surface area contributed by atoms with Crippen molar-refractivity contribution in [3.05, 3.63) is 71.3 Å². The maximum Gasteiger partial charge on any atom is 0.339 e. The van der Waals surface area contributed by atoms with Gasteiger partial charge >= 0.3 is 5.97 Å². The Labute approximate surface area is 122 Å². The number of carbonyl (C=O) groups excluding carboxylic acids is 2. The summed E-state index contributed by atoms with van der Waals surface area (Å²) in [6, 6.07) is 16.9. The topological polar surface area (TPSA) is 67.2 Å². The molecule has 0 spiro atoms. The molecule has 4 heteroatoms. The maximum atomic E-state index is 12.2. The molecule has 1 atom stereocenters. The van der Waals surface area contributed by atoms with Gasteiger partial charge in [0.05, 0.1) is 5.56 Å². The number of ketones is 1. The molecule has 0 amide bonds. The molecule has 0 saturated carbocycles. The molecular formula is C17H13NO3. The normalized spacial score (nSPS) is 11.2. The van der Waals surface area contributed by atoms with E-state index in [1.54, 1.807) is 36.4 Å². The molecular weight excluding hydrogens is 266 g/mol. The Balaban J connectivity index is 2.14. The van der Waals surface area contributed by atoms with Gasteiger partial charge in [-0.3, -0.25) is 4.79 Å². The minimum Gasteiger partial charge on any atom is -0.444 e. The number of nitrogens with zero attached hydrogens (tertiary/aromatic N) is 1. The van der Waals surface area contributed by atoms with Gasteiger partial charge in [-0.15, -0.1) is 0 Å². The van der Waals surface area contributed by atoms with Crippen LogP contribution in [0.15, 0.2) is 54.6 Å². The molecule has 2 aromatic rings. The molecule has 0 N–H and O–H groups in total. The molecule has 21 heavy (non-hydrogen) atoms. The summed E-state index contributed by atoms with van der Waals surface area (Å²) in [7, 11) is 0. The Morgan fingerprint density at radius 3 is 2.05 bits per heavy atom. The lowest BCUT2D eigenvalue weighted by atomic mass is 10.0. The Morgan fingerprint density at radius 1 is 0.952 bits per heavy atom. The third-order valence-corrected chi connectivity index (χ3v) is 2.88. The van der Waals surface area contributed by atoms with E-state index in [0.717, 1.165) is 0 Å². The minimum absolute atomic E-state index is 0.110. The highest BCUT2D eigenvalue weighted by molar-refractivity contribution is 6.09. The van der Waals surface area contributed by atoms with Crippen molar-refractivity contribution in [3.8, 4) is 6.07 Å². The van der Waals surface area contributed by atoms with Gasteiger partial charge in [0.25, 0.3) is 0 Å². The van der Waals surface area contributed by atoms with Crippen molar-refractivity contribution in [1.82, 2.24) is 0 Å². The summed E-state index contributed by atoms with van der Waals surface area (Å²) in [5, 5.41) is 8.60. The fourth-order valence-electron chi connectivity index (χ4n) is 1.77. The number of nitriles is 1. The van der Waals surface area contributed by atoms with Crippen molar-refractivity contribution in [2.45, 2.75) is 13.0 Å². The third-order valence-electron chi connectivity index (χ3n) is 2.88. The van der Waals surface area contributed by atoms with Crippen molar-refractivity contribution in [2.75, 3.05) is 0 Å². The van der Waals surface area contributed by atoms with Gasteiger partial charge in [0.15, 0.2) is 11.9 Å². The highest BCUT2D eigenvalue weighted by Crippen LogP contribution is 2.12. The average Bonchev–Trinajstić information content (AvgIpc) is 2.55. The third kappa shape index (κ3) is 3.54. The van der Waals surface area contributed by atoms with Crippen molar-refractivity contribution >= 4 is 11.8 Å². The van der Waals surface area contributed by atoms with Gasteiger partial charge in [-0.25, -0.2) is 4.79 Å². The Hall–Kier alpha value is -2.93. The van der Waals surface area contributed by atoms with E-state index in [1.807, 2.05) is 12.1 Å². The largest absolute Gasteiger partial charge is 0.444 e. The molecule has 0 saturated heterocycles. The van der Waals surface area contributed by atoms with Gasteiger partial charge in [0.2, 0.25) is 0 Å². The first kappa shape index (κ1) is 14.5. The fraction of sp³-hybridized carbons (Fsp3) is 0.118. The molecule has 2 rings (SSSR count). The van der Waals surface area contributed by atoms with E-state index in [9.17, 15) is 9.59 Å². The molecule has 0 fully saturated rings. The summed E-state index contributed by atoms with van der Waals surface area (Å²) in [5.74, 6) is -0.691. The Kier molecular flexibility index (Phi) is 4.47. The van der Waals surface area contributed by atoms with Crippen LogP contribution in [-0.2, 0) is 4.74 Å². The van der Waals surface area contributed by atoms with Crippen LogP contribution >= 0.6 is 0 Å². The lowest BCUT2D eigenvalue weighted by Gasteiger charge is -2.06. The monoisotopic (exact) mass is 279 g/mol. The molecule has 0 radical (unpaired) electrons. The van der Waals surface area contributed by atoms with Crippen LogP contribution in [0.5, 0.6) is 0 Å². The predicted octanol–water partition coefficient (Wildman–Crippen LogP) is 2.99. The van der Waals surface area contributed by atoms with E-state index in [4.69, 9.17) is 10.00 Å². The van der Waals surface area contributed by atoms with Crippen LogP contribution in [-0.4, -0.2) is 17.9 Å². The molecule has 0 bridgehead atoms. The molecule has 4 nitrogen and oxygen atoms in total. The summed E-state index contributed by atoms with van der Waals surface area (Å²) in [6.07, 6.45) is -0.803. The van der Waals surface area contributed by atoms with Crippen LogP contribution in [0.3, 0.4) is 0 Å². The standard InChI is InChI=1S/C17H13NO3/c1-12(11-18)21-17(20)15-9-7-14(8-10-15)16(19)13-5-3-2-4-6-13/h2-10,12H,1H3/t12-/m1/s1. The minimum atomic E-state index is -0.803. The zero-order valence-corrected chi connectivity index (χ0v) is 11.4. The summed E-state index contributed by atoms with van der Waals surface area (Å²) in [5.41, 5.74) is 1.39. The quantitative estimate of drug-likeness (QED) is 0.637. The first-order valence-corrected chi connectivity index (χ1v) is 6.42. The predicted molar refractivity (Wildman–Crippen MR) is 76.8 cm³/mol. The number of carbonyl (C=O) groups is 2. The number of hydrogen-bond donors (Lipinski definition) is 0. The molecule has 104 valence electrons. The van der Waals surface area contributed by atoms with Crippen LogP contribution in [0.2, 0.25) is 0 Å². The molecule has 0 aliphatic rings. The maximum absolute atomic E-state index is 12.2. The van der Waals surface area contributed by atoms with E-state index in [-0.39, 0.29) is 5.78 Å². The first-order valence-electron chi connectivity index (χ1n) is 6.42. The van der Waals surface area contributed by atoms with Crippen molar-refractivity contribution in [3.63, 3.8) is 0 Å². The molecule has 0 unspecified atom stereocenters. The van der Waals surface area contributed by atoms with E-state index >= 15 is 0 Å². The lowest BCUT2D eigenvalue weighted by Crippen LogP contribution is -2.13. The van der Waals surface area contributed by atoms with E-state index in [1.165, 1.54) is 19.1 Å². The summed E-state index contributed by atoms with van der Waals surface area (Å²) < 4.78 is 4.89. The van der Waals surface area contributed by atoms with Gasteiger partial charge in [-0.2, -0.15) is 5.26 Å². The van der Waals surface area contributed by atoms with Crippen LogP contribution in [0, 0.1) is 11.3 Å². The second-order valence-corrected chi connectivity index (χ2v) is 4.45. The number of hydrogen-bond acceptors (Lipinski definition) is 4. The zero-order chi connectivity index (χ0) is 15.2. The van der Waals surface area contributed by atoms with Crippen molar-refractivity contribution in [2.24, 2.45) is 0 Å². The summed E-state index contributed by atoms with van der Waals surface area (Å²) in [6.45, 7) is 1.49. The molecule has 0 aliphatic carbocycles. The smallest absolute Gasteiger partial charge is 0.339 e. The van der Waals surface area contributed by atoms with Crippen molar-refractivity contribution in [1.29, 1.82) is 5.26 Å². The Bertz CT molecular complexity index is 684. The van der Waals surface area contributed by atoms with Gasteiger partial charge in [-0.05, 0) is 19.1 Å². The highest BCUT2D eigenvalue weighted by Gasteiger charge is 2.13. The van der Waals surface area contributed by atoms with Crippen LogP contribution in [0.4, 0.5) is 0 Å². The second kappa shape index (κ2) is 6.49. The second-order valence-electron chi connectivity index (χ2n) is 4.45. The number of esters is 1. The van der Waals surface area contributed by atoms with Crippen LogP contribution in [0.1, 0.15) is 33.2 Å². The lowest BCUT2D eigenvalue weighted by molar-refractivity contribution is 0.0435. The van der Waals surface area contributed by atoms with Gasteiger partial charge in [0, 0.05) is 11.1 Å². The number of benzene rings is 2. The fourth-order valence-corrected chi connectivity index (χ4v) is 1.77. The van der Waals surface area contributed by atoms with Crippen LogP contribution in [0.25, 0.3) is 0 Å². The molecule has 0 heterocycles. The van der Waals surface area contributed by atoms with Gasteiger partial charge in [-0.1, -0.05) is 42.5 Å². The first-order chi connectivity index (χ1) is 10.1. The van der Waals surface area contributed by atoms with Crippen molar-refractivity contribution < 1.29 is 14.3 Å². The summed E-state index contributed by atoms with van der Waals surface area (Å²) >= 11 is 0. The van der Waals surface area contributed by atoms with Gasteiger partial charge < -0.3 is 4.74 Å². The molecule has 0 aromatic heterocycles. The molecule has 2 aromatic carbocycles. The van der Waals surface area contributed by atoms with Gasteiger partial charge in [0.1, 0.15) is 6.07 Å². The summed E-state index contributed by atoms with van der Waals surface area (Å²) in [4.78, 5) is 23.9. The van der Waals surface area contributed by atoms with Crippen LogP contribution < -0.4 is 0 Å². The number of rotatable bonds is 4. The van der Waals surface area contributed by atoms with E-state index < -0.39 is 12.1 Å². The van der Waals surface area contributed by atoms with E-state index in [0.29, 0.717) is 16.7 Å². The number of ether oxygens (including phenoxy) is 1. The average molecular weight is 279 g/mol. The highest BCUT2D eigenvalue weighted by atomic mass is 16.5. The SMILES string of the molecule is C[C@H](C#N)OC(=O)c1ccc(C(=O)c2ccccc2)cc1. The Morgan fingerprint density at radius 2 is 1.48 bits per heavy atom. The van der Waals surface area contributed by atoms with E-state index in [2.05, 4.69) is 0 Å². The molecule has 0 aliphatic heterocycles. The zero-order valence-electron chi connectivity index (χ0n) is 11.4.